The van der Waals surface area contributed by atoms with Gasteiger partial charge < -0.3 is 9.67 Å². The van der Waals surface area contributed by atoms with E-state index in [4.69, 9.17) is 0 Å². The predicted octanol–water partition coefficient (Wildman–Crippen LogP) is 2.91. The Labute approximate surface area is 130 Å². The number of rotatable bonds is 5. The van der Waals surface area contributed by atoms with Crippen LogP contribution in [0.15, 0.2) is 29.9 Å². The van der Waals surface area contributed by atoms with Crippen molar-refractivity contribution in [3.63, 3.8) is 0 Å². The number of hydrogen-bond donors (Lipinski definition) is 1. The molecule has 1 N–H and O–H groups in total. The van der Waals surface area contributed by atoms with Crippen LogP contribution >= 0.6 is 11.3 Å². The van der Waals surface area contributed by atoms with Crippen LogP contribution in [0.1, 0.15) is 36.6 Å². The summed E-state index contributed by atoms with van der Waals surface area (Å²) in [5.41, 5.74) is 0. The van der Waals surface area contributed by atoms with Crippen LogP contribution in [0.5, 0.6) is 0 Å². The highest BCUT2D eigenvalue weighted by Gasteiger charge is 2.27. The molecule has 5 heteroatoms. The normalized spacial score (nSPS) is 19.0. The highest BCUT2D eigenvalue weighted by Crippen LogP contribution is 2.33. The molecule has 1 aliphatic heterocycles. The molecular formula is C16H23N3OS. The van der Waals surface area contributed by atoms with Gasteiger partial charge in [0.15, 0.2) is 0 Å². The molecule has 0 unspecified atom stereocenters. The van der Waals surface area contributed by atoms with Gasteiger partial charge in [-0.25, -0.2) is 4.98 Å². The Hall–Kier alpha value is -1.17. The van der Waals surface area contributed by atoms with Gasteiger partial charge in [0.25, 0.3) is 0 Å². The standard InChI is InChI=1S/C16H23N3OS/c1-2-19-10-7-17-15(19)12-18-8-5-13(6-9-18)16(20)14-4-3-11-21-14/h3-4,7,10-11,13,16,20H,2,5-6,8-9,12H2,1H3/t16-/m1/s1. The van der Waals surface area contributed by atoms with E-state index in [1.807, 2.05) is 29.9 Å². The smallest absolute Gasteiger partial charge is 0.122 e. The van der Waals surface area contributed by atoms with Gasteiger partial charge in [0.1, 0.15) is 5.82 Å². The van der Waals surface area contributed by atoms with E-state index in [2.05, 4.69) is 21.4 Å². The van der Waals surface area contributed by atoms with Crippen molar-refractivity contribution in [2.75, 3.05) is 13.1 Å². The van der Waals surface area contributed by atoms with E-state index in [0.29, 0.717) is 5.92 Å². The Morgan fingerprint density at radius 1 is 1.43 bits per heavy atom. The third-order valence-electron chi connectivity index (χ3n) is 4.42. The van der Waals surface area contributed by atoms with Crippen molar-refractivity contribution in [2.24, 2.45) is 5.92 Å². The lowest BCUT2D eigenvalue weighted by molar-refractivity contribution is 0.0580. The van der Waals surface area contributed by atoms with E-state index in [-0.39, 0.29) is 6.10 Å². The zero-order chi connectivity index (χ0) is 14.7. The average Bonchev–Trinajstić information content (AvgIpc) is 3.18. The van der Waals surface area contributed by atoms with E-state index in [0.717, 1.165) is 49.7 Å². The topological polar surface area (TPSA) is 41.3 Å². The minimum atomic E-state index is -0.287. The van der Waals surface area contributed by atoms with Crippen molar-refractivity contribution in [3.05, 3.63) is 40.6 Å². The first-order valence-electron chi connectivity index (χ1n) is 7.71. The molecule has 0 saturated carbocycles. The minimum Gasteiger partial charge on any atom is -0.387 e. The van der Waals surface area contributed by atoms with Gasteiger partial charge in [-0.2, -0.15) is 0 Å². The van der Waals surface area contributed by atoms with Crippen LogP contribution in [0.3, 0.4) is 0 Å². The number of piperidine rings is 1. The van der Waals surface area contributed by atoms with Crippen LogP contribution in [-0.4, -0.2) is 32.6 Å². The Bertz CT molecular complexity index is 544. The van der Waals surface area contributed by atoms with Crippen molar-refractivity contribution in [3.8, 4) is 0 Å². The number of thiophene rings is 1. The fraction of sp³-hybridized carbons (Fsp3) is 0.562. The van der Waals surface area contributed by atoms with Crippen molar-refractivity contribution >= 4 is 11.3 Å². The Morgan fingerprint density at radius 2 is 2.24 bits per heavy atom. The predicted molar refractivity (Wildman–Crippen MR) is 85.2 cm³/mol. The first-order chi connectivity index (χ1) is 10.3. The molecule has 0 spiro atoms. The number of aliphatic hydroxyl groups is 1. The van der Waals surface area contributed by atoms with Gasteiger partial charge in [-0.1, -0.05) is 6.07 Å². The Balaban J connectivity index is 1.53. The van der Waals surface area contributed by atoms with Gasteiger partial charge in [-0.05, 0) is 50.2 Å². The van der Waals surface area contributed by atoms with Crippen LogP contribution in [0.2, 0.25) is 0 Å². The maximum atomic E-state index is 10.4. The summed E-state index contributed by atoms with van der Waals surface area (Å²) in [6.07, 6.45) is 5.76. The summed E-state index contributed by atoms with van der Waals surface area (Å²) in [7, 11) is 0. The summed E-state index contributed by atoms with van der Waals surface area (Å²) in [5, 5.41) is 12.5. The number of nitrogens with zero attached hydrogens (tertiary/aromatic N) is 3. The van der Waals surface area contributed by atoms with Crippen LogP contribution in [0, 0.1) is 5.92 Å². The number of likely N-dealkylation sites (tertiary alicyclic amines) is 1. The molecule has 1 saturated heterocycles. The highest BCUT2D eigenvalue weighted by molar-refractivity contribution is 7.10. The van der Waals surface area contributed by atoms with E-state index in [1.165, 1.54) is 0 Å². The lowest BCUT2D eigenvalue weighted by Crippen LogP contribution is -2.35. The maximum Gasteiger partial charge on any atom is 0.122 e. The Kier molecular flexibility index (Phi) is 4.73. The highest BCUT2D eigenvalue weighted by atomic mass is 32.1. The molecule has 0 aliphatic carbocycles. The molecule has 0 amide bonds. The second-order valence-electron chi connectivity index (χ2n) is 5.70. The second kappa shape index (κ2) is 6.73. The molecule has 2 aromatic rings. The molecule has 1 aliphatic rings. The van der Waals surface area contributed by atoms with Crippen molar-refractivity contribution in [1.82, 2.24) is 14.5 Å². The molecule has 1 atom stereocenters. The molecule has 21 heavy (non-hydrogen) atoms. The monoisotopic (exact) mass is 305 g/mol. The zero-order valence-electron chi connectivity index (χ0n) is 12.5. The van der Waals surface area contributed by atoms with E-state index in [1.54, 1.807) is 11.3 Å². The quantitative estimate of drug-likeness (QED) is 0.923. The van der Waals surface area contributed by atoms with Gasteiger partial charge in [-0.15, -0.1) is 11.3 Å². The van der Waals surface area contributed by atoms with Gasteiger partial charge in [0, 0.05) is 23.8 Å². The first-order valence-corrected chi connectivity index (χ1v) is 8.59. The molecule has 4 nitrogen and oxygen atoms in total. The van der Waals surface area contributed by atoms with Gasteiger partial charge in [-0.3, -0.25) is 4.90 Å². The summed E-state index contributed by atoms with van der Waals surface area (Å²) < 4.78 is 2.20. The molecule has 114 valence electrons. The van der Waals surface area contributed by atoms with Crippen LogP contribution in [-0.2, 0) is 13.1 Å². The molecule has 0 radical (unpaired) electrons. The molecule has 3 rings (SSSR count). The summed E-state index contributed by atoms with van der Waals surface area (Å²) in [5.74, 6) is 1.54. The van der Waals surface area contributed by atoms with Gasteiger partial charge in [0.2, 0.25) is 0 Å². The van der Waals surface area contributed by atoms with Crippen LogP contribution < -0.4 is 0 Å². The fourth-order valence-corrected chi connectivity index (χ4v) is 3.90. The number of aryl methyl sites for hydroxylation is 1. The third-order valence-corrected chi connectivity index (χ3v) is 5.36. The summed E-state index contributed by atoms with van der Waals surface area (Å²) in [6.45, 7) is 6.13. The third kappa shape index (κ3) is 3.36. The van der Waals surface area contributed by atoms with Crippen LogP contribution in [0.4, 0.5) is 0 Å². The number of hydrogen-bond acceptors (Lipinski definition) is 4. The molecular weight excluding hydrogens is 282 g/mol. The largest absolute Gasteiger partial charge is 0.387 e. The number of aliphatic hydroxyl groups excluding tert-OH is 1. The molecule has 3 heterocycles. The SMILES string of the molecule is CCn1ccnc1CN1CCC([C@@H](O)c2cccs2)CC1. The van der Waals surface area contributed by atoms with Crippen molar-refractivity contribution in [2.45, 2.75) is 39.0 Å². The summed E-state index contributed by atoms with van der Waals surface area (Å²) >= 11 is 1.66. The Morgan fingerprint density at radius 3 is 2.90 bits per heavy atom. The molecule has 2 aromatic heterocycles. The first kappa shape index (κ1) is 14.8. The molecule has 0 bridgehead atoms. The van der Waals surface area contributed by atoms with E-state index in [9.17, 15) is 5.11 Å². The maximum absolute atomic E-state index is 10.4. The van der Waals surface area contributed by atoms with Crippen molar-refractivity contribution in [1.29, 1.82) is 0 Å². The van der Waals surface area contributed by atoms with E-state index < -0.39 is 0 Å². The zero-order valence-corrected chi connectivity index (χ0v) is 13.3. The average molecular weight is 305 g/mol. The summed E-state index contributed by atoms with van der Waals surface area (Å²) in [4.78, 5) is 8.01. The lowest BCUT2D eigenvalue weighted by atomic mass is 9.90. The number of aromatic nitrogens is 2. The van der Waals surface area contributed by atoms with Gasteiger partial charge >= 0.3 is 0 Å². The van der Waals surface area contributed by atoms with E-state index >= 15 is 0 Å². The molecule has 0 aromatic carbocycles. The summed E-state index contributed by atoms with van der Waals surface area (Å²) in [6, 6.07) is 4.06. The lowest BCUT2D eigenvalue weighted by Gasteiger charge is -2.33. The van der Waals surface area contributed by atoms with Gasteiger partial charge in [0.05, 0.1) is 12.6 Å². The van der Waals surface area contributed by atoms with Crippen molar-refractivity contribution < 1.29 is 5.11 Å². The second-order valence-corrected chi connectivity index (χ2v) is 6.68. The number of imidazole rings is 1. The fourth-order valence-electron chi connectivity index (χ4n) is 3.10. The minimum absolute atomic E-state index is 0.287. The van der Waals surface area contributed by atoms with Crippen LogP contribution in [0.25, 0.3) is 0 Å². The molecule has 1 fully saturated rings.